The fraction of sp³-hybridized carbons (Fsp3) is 0.556. The summed E-state index contributed by atoms with van der Waals surface area (Å²) < 4.78 is 40.7. The summed E-state index contributed by atoms with van der Waals surface area (Å²) in [5.41, 5.74) is 8.78. The topological polar surface area (TPSA) is 145 Å². The molecular weight excluding hydrogens is 777 g/mol. The van der Waals surface area contributed by atoms with E-state index in [4.69, 9.17) is 15.2 Å². The summed E-state index contributed by atoms with van der Waals surface area (Å²) in [5.74, 6) is -0.347. The van der Waals surface area contributed by atoms with Crippen LogP contribution in [0.25, 0.3) is 11.1 Å². The number of thioether (sulfide) groups is 1. The van der Waals surface area contributed by atoms with Crippen molar-refractivity contribution in [1.29, 1.82) is 0 Å². The Morgan fingerprint density at radius 3 is 2.25 bits per heavy atom. The minimum atomic E-state index is -0.426. The van der Waals surface area contributed by atoms with Crippen molar-refractivity contribution < 1.29 is 37.4 Å². The van der Waals surface area contributed by atoms with Crippen molar-refractivity contribution in [2.45, 2.75) is 80.7 Å². The first-order valence-electron chi connectivity index (χ1n) is 20.7. The van der Waals surface area contributed by atoms with Crippen molar-refractivity contribution in [2.24, 2.45) is 23.0 Å². The van der Waals surface area contributed by atoms with E-state index >= 15 is 0 Å². The van der Waals surface area contributed by atoms with Gasteiger partial charge in [0, 0.05) is 67.2 Å². The summed E-state index contributed by atoms with van der Waals surface area (Å²) in [6, 6.07) is 15.7. The molecule has 0 saturated carbocycles. The zero-order valence-corrected chi connectivity index (χ0v) is 36.9. The largest absolute Gasteiger partial charge is 0.377 e. The molecule has 2 aromatic carbocycles. The average Bonchev–Trinajstić information content (AvgIpc) is 3.72. The van der Waals surface area contributed by atoms with Crippen LogP contribution in [0.5, 0.6) is 0 Å². The Balaban J connectivity index is 0.000000399. The van der Waals surface area contributed by atoms with Gasteiger partial charge >= 0.3 is 0 Å². The number of carbonyl (C=O) groups excluding carboxylic acids is 4. The maximum atomic E-state index is 14.2. The van der Waals surface area contributed by atoms with Gasteiger partial charge in [0.05, 0.1) is 38.7 Å². The first-order chi connectivity index (χ1) is 28.2. The van der Waals surface area contributed by atoms with Gasteiger partial charge in [0.15, 0.2) is 0 Å². The first kappa shape index (κ1) is 51.0. The van der Waals surface area contributed by atoms with Crippen LogP contribution in [-0.2, 0) is 41.6 Å². The van der Waals surface area contributed by atoms with Gasteiger partial charge in [-0.05, 0) is 60.5 Å². The molecule has 0 aliphatic carbocycles. The summed E-state index contributed by atoms with van der Waals surface area (Å²) in [6.45, 7) is 18.3. The minimum Gasteiger partial charge on any atom is -0.377 e. The van der Waals surface area contributed by atoms with Crippen LogP contribution < -0.4 is 16.4 Å². The fourth-order valence-electron chi connectivity index (χ4n) is 6.04. The standard InChI is InChI=1S/C22H23F2N.C21H38N4O6S.C2H6/c1-22(2,3)13-19-11-17(20-12-18(23)9-10-21(20)24)15-25(19)14-16-7-5-4-6-8-16;1-16(2)17-14-20(28)25(21(17)29)8-10-31-12-11-30-9-7-24-18(26)4-13-32-15-19(27)23-6-3-5-22;1-2/h4-12,15H,13-14H2,1-3H3;16-17H,3-15,22H2,1-2H3,(H,23,27)(H,24,26);1-2H3. The molecule has 1 saturated heterocycles. The predicted octanol–water partition coefficient (Wildman–Crippen LogP) is 6.85. The highest BCUT2D eigenvalue weighted by atomic mass is 32.2. The molecule has 4 rings (SSSR count). The van der Waals surface area contributed by atoms with E-state index in [9.17, 15) is 28.0 Å². The van der Waals surface area contributed by atoms with Gasteiger partial charge in [0.25, 0.3) is 0 Å². The molecule has 11 nitrogen and oxygen atoms in total. The Morgan fingerprint density at radius 1 is 0.932 bits per heavy atom. The monoisotopic (exact) mass is 843 g/mol. The number of amides is 4. The number of likely N-dealkylation sites (tertiary alicyclic amines) is 1. The molecule has 4 amide bonds. The van der Waals surface area contributed by atoms with Gasteiger partial charge in [0.2, 0.25) is 23.6 Å². The highest BCUT2D eigenvalue weighted by Gasteiger charge is 2.39. The lowest BCUT2D eigenvalue weighted by Gasteiger charge is -2.19. The van der Waals surface area contributed by atoms with Gasteiger partial charge in [-0.1, -0.05) is 78.8 Å². The van der Waals surface area contributed by atoms with Crippen molar-refractivity contribution >= 4 is 35.4 Å². The number of hydrogen-bond donors (Lipinski definition) is 3. The first-order valence-corrected chi connectivity index (χ1v) is 21.8. The second-order valence-electron chi connectivity index (χ2n) is 15.5. The van der Waals surface area contributed by atoms with Crippen LogP contribution in [0, 0.1) is 28.9 Å². The number of rotatable bonds is 22. The quantitative estimate of drug-likeness (QED) is 0.0736. The third kappa shape index (κ3) is 19.7. The Morgan fingerprint density at radius 2 is 1.61 bits per heavy atom. The van der Waals surface area contributed by atoms with Crippen LogP contribution in [0.4, 0.5) is 8.78 Å². The van der Waals surface area contributed by atoms with Gasteiger partial charge in [0.1, 0.15) is 11.6 Å². The van der Waals surface area contributed by atoms with Gasteiger partial charge in [-0.3, -0.25) is 24.1 Å². The van der Waals surface area contributed by atoms with Gasteiger partial charge in [-0.25, -0.2) is 8.78 Å². The number of aromatic nitrogens is 1. The van der Waals surface area contributed by atoms with E-state index in [0.717, 1.165) is 24.6 Å². The van der Waals surface area contributed by atoms with Crippen LogP contribution in [-0.4, -0.2) is 97.2 Å². The molecule has 0 bridgehead atoms. The number of nitrogens with zero attached hydrogens (tertiary/aromatic N) is 2. The molecule has 59 heavy (non-hydrogen) atoms. The minimum absolute atomic E-state index is 0.0436. The van der Waals surface area contributed by atoms with Crippen LogP contribution in [0.2, 0.25) is 0 Å². The van der Waals surface area contributed by atoms with Gasteiger partial charge < -0.3 is 30.4 Å². The number of hydrogen-bond acceptors (Lipinski definition) is 8. The van der Waals surface area contributed by atoms with Crippen molar-refractivity contribution in [3.8, 4) is 11.1 Å². The van der Waals surface area contributed by atoms with E-state index in [1.165, 1.54) is 34.4 Å². The van der Waals surface area contributed by atoms with E-state index in [1.807, 2.05) is 58.2 Å². The molecule has 1 atom stereocenters. The van der Waals surface area contributed by atoms with E-state index in [0.29, 0.717) is 75.1 Å². The van der Waals surface area contributed by atoms with E-state index in [2.05, 4.69) is 48.1 Å². The lowest BCUT2D eigenvalue weighted by Crippen LogP contribution is -2.34. The SMILES string of the molecule is CC.CC(C)(C)Cc1cc(-c2cc(F)ccc2F)cn1Cc1ccccc1.CC(C)C1CC(=O)N(CCOCCOCCNC(=O)CCSCC(=O)NCCCN)C1=O. The molecule has 2 heterocycles. The maximum absolute atomic E-state index is 14.2. The molecule has 328 valence electrons. The summed E-state index contributed by atoms with van der Waals surface area (Å²) in [4.78, 5) is 48.6. The van der Waals surface area contributed by atoms with E-state index in [1.54, 1.807) is 0 Å². The van der Waals surface area contributed by atoms with Crippen LogP contribution in [0.15, 0.2) is 60.8 Å². The number of ether oxygens (including phenoxy) is 2. The molecular formula is C45H67F2N5O6S. The second-order valence-corrected chi connectivity index (χ2v) is 16.6. The number of nitrogens with two attached hydrogens (primary N) is 1. The lowest BCUT2D eigenvalue weighted by atomic mass is 9.90. The van der Waals surface area contributed by atoms with Crippen molar-refractivity contribution in [1.82, 2.24) is 20.1 Å². The van der Waals surface area contributed by atoms with Gasteiger partial charge in [-0.15, -0.1) is 0 Å². The number of nitrogens with one attached hydrogen (secondary N) is 2. The summed E-state index contributed by atoms with van der Waals surface area (Å²) >= 11 is 1.42. The molecule has 14 heteroatoms. The molecule has 1 fully saturated rings. The van der Waals surface area contributed by atoms with Crippen LogP contribution >= 0.6 is 11.8 Å². The predicted molar refractivity (Wildman–Crippen MR) is 233 cm³/mol. The Labute approximate surface area is 354 Å². The number of imide groups is 1. The summed E-state index contributed by atoms with van der Waals surface area (Å²) in [7, 11) is 0. The molecule has 0 radical (unpaired) electrons. The second kappa shape index (κ2) is 27.6. The lowest BCUT2D eigenvalue weighted by molar-refractivity contribution is -0.140. The molecule has 1 unspecified atom stereocenters. The highest BCUT2D eigenvalue weighted by Crippen LogP contribution is 2.30. The average molecular weight is 844 g/mol. The van der Waals surface area contributed by atoms with Crippen molar-refractivity contribution in [3.63, 3.8) is 0 Å². The van der Waals surface area contributed by atoms with Crippen molar-refractivity contribution in [2.75, 3.05) is 64.1 Å². The maximum Gasteiger partial charge on any atom is 0.233 e. The third-order valence-electron chi connectivity index (χ3n) is 9.03. The molecule has 4 N–H and O–H groups in total. The molecule has 1 aromatic heterocycles. The van der Waals surface area contributed by atoms with E-state index in [-0.39, 0.29) is 60.5 Å². The van der Waals surface area contributed by atoms with Crippen molar-refractivity contribution in [3.05, 3.63) is 83.7 Å². The van der Waals surface area contributed by atoms with Crippen LogP contribution in [0.1, 0.15) is 79.0 Å². The number of halogens is 2. The number of carbonyl (C=O) groups is 4. The molecule has 1 aliphatic heterocycles. The fourth-order valence-corrected chi connectivity index (χ4v) is 6.81. The smallest absolute Gasteiger partial charge is 0.233 e. The summed E-state index contributed by atoms with van der Waals surface area (Å²) in [6.07, 6.45) is 4.17. The van der Waals surface area contributed by atoms with Gasteiger partial charge in [-0.2, -0.15) is 11.8 Å². The zero-order chi connectivity index (χ0) is 43.8. The summed E-state index contributed by atoms with van der Waals surface area (Å²) in [5, 5.41) is 5.52. The Bertz CT molecular complexity index is 1720. The molecule has 3 aromatic rings. The van der Waals surface area contributed by atoms with Crippen LogP contribution in [0.3, 0.4) is 0 Å². The Kier molecular flexibility index (Phi) is 23.9. The third-order valence-corrected chi connectivity index (χ3v) is 9.98. The van der Waals surface area contributed by atoms with E-state index < -0.39 is 11.6 Å². The Hall–Kier alpha value is -4.11. The molecule has 1 aliphatic rings. The normalized spacial score (nSPS) is 13.8. The molecule has 0 spiro atoms. The number of benzene rings is 2. The zero-order valence-electron chi connectivity index (χ0n) is 36.1. The highest BCUT2D eigenvalue weighted by molar-refractivity contribution is 7.99.